The van der Waals surface area contributed by atoms with Gasteiger partial charge in [-0.2, -0.15) is 0 Å². The number of carbonyl (C=O) groups is 1. The van der Waals surface area contributed by atoms with Crippen molar-refractivity contribution in [3.63, 3.8) is 0 Å². The predicted octanol–water partition coefficient (Wildman–Crippen LogP) is 6.81. The first-order valence-corrected chi connectivity index (χ1v) is 11.1. The van der Waals surface area contributed by atoms with Crippen LogP contribution >= 0.6 is 11.6 Å². The topological polar surface area (TPSA) is 47.6 Å². The average molecular weight is 436 g/mol. The molecule has 1 amide bonds. The first-order valence-electron chi connectivity index (χ1n) is 10.7. The van der Waals surface area contributed by atoms with E-state index in [9.17, 15) is 4.79 Å². The van der Waals surface area contributed by atoms with Gasteiger partial charge in [-0.15, -0.1) is 0 Å². The zero-order valence-corrected chi connectivity index (χ0v) is 18.3. The Balaban J connectivity index is 1.49. The van der Waals surface area contributed by atoms with Crippen LogP contribution in [0, 0.1) is 0 Å². The molecule has 0 aromatic heterocycles. The number of rotatable bonds is 7. The van der Waals surface area contributed by atoms with Gasteiger partial charge in [0.2, 0.25) is 0 Å². The molecule has 3 aromatic rings. The molecule has 160 valence electrons. The molecule has 0 saturated carbocycles. The molecule has 3 aromatic carbocycles. The van der Waals surface area contributed by atoms with Crippen molar-refractivity contribution in [2.45, 2.75) is 45.1 Å². The van der Waals surface area contributed by atoms with Crippen LogP contribution in [-0.2, 0) is 17.6 Å². The lowest BCUT2D eigenvalue weighted by molar-refractivity contribution is -0.122. The minimum atomic E-state index is -0.620. The molecular weight excluding hydrogens is 410 g/mol. The summed E-state index contributed by atoms with van der Waals surface area (Å²) in [6.45, 7) is 1.93. The average Bonchev–Trinajstić information content (AvgIpc) is 2.79. The molecule has 0 aliphatic heterocycles. The number of fused-ring (bicyclic) bond motifs is 1. The van der Waals surface area contributed by atoms with Gasteiger partial charge < -0.3 is 14.8 Å². The SMILES string of the molecule is CCC(Oc1ccc2c(c1)CCCC2)C(=O)Nc1cc(Cl)ccc1Oc1ccccc1. The number of para-hydroxylation sites is 1. The summed E-state index contributed by atoms with van der Waals surface area (Å²) in [5.41, 5.74) is 3.22. The van der Waals surface area contributed by atoms with Crippen LogP contribution in [0.5, 0.6) is 17.2 Å². The Hall–Kier alpha value is -2.98. The van der Waals surface area contributed by atoms with Crippen molar-refractivity contribution in [1.29, 1.82) is 0 Å². The predicted molar refractivity (Wildman–Crippen MR) is 124 cm³/mol. The van der Waals surface area contributed by atoms with Crippen molar-refractivity contribution in [3.05, 3.63) is 82.9 Å². The fourth-order valence-corrected chi connectivity index (χ4v) is 3.96. The van der Waals surface area contributed by atoms with Crippen molar-refractivity contribution in [2.24, 2.45) is 0 Å². The second kappa shape index (κ2) is 9.88. The van der Waals surface area contributed by atoms with Crippen molar-refractivity contribution in [3.8, 4) is 17.2 Å². The van der Waals surface area contributed by atoms with E-state index in [0.717, 1.165) is 18.6 Å². The van der Waals surface area contributed by atoms with Crippen molar-refractivity contribution >= 4 is 23.2 Å². The molecule has 0 saturated heterocycles. The highest BCUT2D eigenvalue weighted by molar-refractivity contribution is 6.31. The highest BCUT2D eigenvalue weighted by Gasteiger charge is 2.21. The maximum Gasteiger partial charge on any atom is 0.265 e. The smallest absolute Gasteiger partial charge is 0.265 e. The third kappa shape index (κ3) is 5.39. The van der Waals surface area contributed by atoms with E-state index < -0.39 is 6.10 Å². The number of carbonyl (C=O) groups excluding carboxylic acids is 1. The van der Waals surface area contributed by atoms with E-state index in [1.165, 1.54) is 24.0 Å². The van der Waals surface area contributed by atoms with E-state index in [4.69, 9.17) is 21.1 Å². The number of nitrogens with one attached hydrogen (secondary N) is 1. The van der Waals surface area contributed by atoms with Crippen LogP contribution in [-0.4, -0.2) is 12.0 Å². The molecule has 31 heavy (non-hydrogen) atoms. The number of ether oxygens (including phenoxy) is 2. The van der Waals surface area contributed by atoms with Gasteiger partial charge in [-0.25, -0.2) is 0 Å². The highest BCUT2D eigenvalue weighted by Crippen LogP contribution is 2.32. The minimum absolute atomic E-state index is 0.236. The molecule has 1 unspecified atom stereocenters. The monoisotopic (exact) mass is 435 g/mol. The van der Waals surface area contributed by atoms with Gasteiger partial charge in [-0.1, -0.05) is 42.8 Å². The van der Waals surface area contributed by atoms with Crippen LogP contribution in [0.2, 0.25) is 5.02 Å². The Bertz CT molecular complexity index is 1050. The molecule has 0 bridgehead atoms. The Morgan fingerprint density at radius 2 is 1.74 bits per heavy atom. The summed E-state index contributed by atoms with van der Waals surface area (Å²) in [5.74, 6) is 1.69. The fraction of sp³-hybridized carbons (Fsp3) is 0.269. The Morgan fingerprint density at radius 3 is 2.52 bits per heavy atom. The van der Waals surface area contributed by atoms with Crippen LogP contribution < -0.4 is 14.8 Å². The van der Waals surface area contributed by atoms with E-state index in [-0.39, 0.29) is 5.91 Å². The Morgan fingerprint density at radius 1 is 0.968 bits per heavy atom. The van der Waals surface area contributed by atoms with Gasteiger partial charge in [0.15, 0.2) is 11.9 Å². The van der Waals surface area contributed by atoms with Gasteiger partial charge in [0.1, 0.15) is 11.5 Å². The maximum absolute atomic E-state index is 13.0. The summed E-state index contributed by atoms with van der Waals surface area (Å²) in [7, 11) is 0. The second-order valence-electron chi connectivity index (χ2n) is 7.70. The fourth-order valence-electron chi connectivity index (χ4n) is 3.79. The number of amides is 1. The summed E-state index contributed by atoms with van der Waals surface area (Å²) in [4.78, 5) is 13.0. The van der Waals surface area contributed by atoms with Gasteiger partial charge in [-0.3, -0.25) is 4.79 Å². The molecule has 0 heterocycles. The first-order chi connectivity index (χ1) is 15.1. The molecule has 1 N–H and O–H groups in total. The lowest BCUT2D eigenvalue weighted by Crippen LogP contribution is -2.32. The summed E-state index contributed by atoms with van der Waals surface area (Å²) in [6.07, 6.45) is 4.54. The lowest BCUT2D eigenvalue weighted by Gasteiger charge is -2.21. The lowest BCUT2D eigenvalue weighted by atomic mass is 9.92. The largest absolute Gasteiger partial charge is 0.481 e. The summed E-state index contributed by atoms with van der Waals surface area (Å²) < 4.78 is 12.0. The molecule has 1 aliphatic carbocycles. The molecular formula is C26H26ClNO3. The highest BCUT2D eigenvalue weighted by atomic mass is 35.5. The van der Waals surface area contributed by atoms with Gasteiger partial charge in [0.05, 0.1) is 5.69 Å². The number of benzene rings is 3. The van der Waals surface area contributed by atoms with Crippen LogP contribution in [0.4, 0.5) is 5.69 Å². The third-order valence-corrected chi connectivity index (χ3v) is 5.67. The summed E-state index contributed by atoms with van der Waals surface area (Å²) in [5, 5.41) is 3.45. The van der Waals surface area contributed by atoms with Crippen molar-refractivity contribution in [2.75, 3.05) is 5.32 Å². The van der Waals surface area contributed by atoms with Crippen LogP contribution in [0.25, 0.3) is 0 Å². The molecule has 4 rings (SSSR count). The zero-order chi connectivity index (χ0) is 21.6. The molecule has 1 aliphatic rings. The second-order valence-corrected chi connectivity index (χ2v) is 8.13. The van der Waals surface area contributed by atoms with Gasteiger partial charge in [0, 0.05) is 5.02 Å². The Kier molecular flexibility index (Phi) is 6.78. The van der Waals surface area contributed by atoms with Crippen molar-refractivity contribution in [1.82, 2.24) is 0 Å². The Labute approximate surface area is 188 Å². The molecule has 0 radical (unpaired) electrons. The third-order valence-electron chi connectivity index (χ3n) is 5.43. The number of aryl methyl sites for hydroxylation is 2. The quantitative estimate of drug-likeness (QED) is 0.443. The maximum atomic E-state index is 13.0. The first kappa shape index (κ1) is 21.3. The molecule has 1 atom stereocenters. The van der Waals surface area contributed by atoms with Gasteiger partial charge in [-0.05, 0) is 85.7 Å². The summed E-state index contributed by atoms with van der Waals surface area (Å²) in [6, 6.07) is 20.7. The summed E-state index contributed by atoms with van der Waals surface area (Å²) >= 11 is 6.18. The zero-order valence-electron chi connectivity index (χ0n) is 17.6. The minimum Gasteiger partial charge on any atom is -0.481 e. The molecule has 4 nitrogen and oxygen atoms in total. The van der Waals surface area contributed by atoms with E-state index in [2.05, 4.69) is 17.4 Å². The number of halogens is 1. The van der Waals surface area contributed by atoms with Crippen molar-refractivity contribution < 1.29 is 14.3 Å². The molecule has 0 fully saturated rings. The van der Waals surface area contributed by atoms with Crippen LogP contribution in [0.3, 0.4) is 0 Å². The number of hydrogen-bond acceptors (Lipinski definition) is 3. The van der Waals surface area contributed by atoms with Crippen LogP contribution in [0.15, 0.2) is 66.7 Å². The normalized spacial score (nSPS) is 13.7. The number of anilines is 1. The van der Waals surface area contributed by atoms with E-state index >= 15 is 0 Å². The van der Waals surface area contributed by atoms with Gasteiger partial charge in [0.25, 0.3) is 5.91 Å². The van der Waals surface area contributed by atoms with Gasteiger partial charge >= 0.3 is 0 Å². The van der Waals surface area contributed by atoms with Crippen LogP contribution in [0.1, 0.15) is 37.3 Å². The molecule has 5 heteroatoms. The van der Waals surface area contributed by atoms with E-state index in [1.807, 2.05) is 43.3 Å². The van der Waals surface area contributed by atoms with E-state index in [1.54, 1.807) is 18.2 Å². The standard InChI is InChI=1S/C26H26ClNO3/c1-2-24(31-22-14-12-18-8-6-7-9-19(18)16-22)26(29)28-23-17-20(27)13-15-25(23)30-21-10-4-3-5-11-21/h3-5,10-17,24H,2,6-9H2,1H3,(H,28,29). The van der Waals surface area contributed by atoms with E-state index in [0.29, 0.717) is 28.6 Å². The number of hydrogen-bond donors (Lipinski definition) is 1. The molecule has 0 spiro atoms.